The number of hydrogen-bond acceptors (Lipinski definition) is 2. The van der Waals surface area contributed by atoms with Gasteiger partial charge in [0, 0.05) is 26.8 Å². The summed E-state index contributed by atoms with van der Waals surface area (Å²) in [6, 6.07) is 90.0. The topological polar surface area (TPSA) is 3.24 Å². The van der Waals surface area contributed by atoms with E-state index in [0.29, 0.717) is 0 Å². The molecule has 2 spiro atoms. The Bertz CT molecular complexity index is 3870. The second-order valence-corrected chi connectivity index (χ2v) is 20.0. The molecule has 68 heavy (non-hydrogen) atoms. The molecule has 1 nitrogen and oxygen atoms in total. The molecule has 12 aromatic rings. The standard InChI is InChI=1S/C66H39NS/c1-2-17-43-40(16-1)32-37-62-63(43)52-24-15-31-61(64(52)68-62)67(41-33-35-50-48-22-7-13-29-57(48)65(59(50)38-41)53-25-9-3-18-44(53)45-19-4-10-26-54(45)65)42-34-36-51-49-23-8-14-30-58(49)66(60(51)39-42)55-27-11-5-20-46(55)47-21-6-12-28-56(47)66/h1-39H. The largest absolute Gasteiger partial charge is 0.309 e. The summed E-state index contributed by atoms with van der Waals surface area (Å²) in [5.74, 6) is 0. The fourth-order valence-electron chi connectivity index (χ4n) is 13.6. The minimum absolute atomic E-state index is 0.468. The molecule has 0 N–H and O–H groups in total. The maximum atomic E-state index is 2.59. The molecule has 0 atom stereocenters. The van der Waals surface area contributed by atoms with Gasteiger partial charge in [-0.25, -0.2) is 0 Å². The van der Waals surface area contributed by atoms with Gasteiger partial charge < -0.3 is 4.90 Å². The Kier molecular flexibility index (Phi) is 7.15. The Labute approximate surface area is 398 Å². The molecule has 314 valence electrons. The molecule has 2 heteroatoms. The van der Waals surface area contributed by atoms with Crippen molar-refractivity contribution in [3.63, 3.8) is 0 Å². The quantitative estimate of drug-likeness (QED) is 0.171. The van der Waals surface area contributed by atoms with E-state index >= 15 is 0 Å². The fourth-order valence-corrected chi connectivity index (χ4v) is 14.8. The molecule has 0 saturated carbocycles. The van der Waals surface area contributed by atoms with Crippen LogP contribution in [0.25, 0.3) is 75.5 Å². The van der Waals surface area contributed by atoms with E-state index in [-0.39, 0.29) is 0 Å². The highest BCUT2D eigenvalue weighted by Crippen LogP contribution is 2.65. The molecule has 1 heterocycles. The van der Waals surface area contributed by atoms with Crippen LogP contribution in [0.15, 0.2) is 237 Å². The summed E-state index contributed by atoms with van der Waals surface area (Å²) in [4.78, 5) is 2.59. The summed E-state index contributed by atoms with van der Waals surface area (Å²) in [6.07, 6.45) is 0. The van der Waals surface area contributed by atoms with Gasteiger partial charge in [-0.05, 0) is 136 Å². The van der Waals surface area contributed by atoms with Crippen molar-refractivity contribution < 1.29 is 0 Å². The van der Waals surface area contributed by atoms with Crippen LogP contribution in [0.2, 0.25) is 0 Å². The number of nitrogens with zero attached hydrogens (tertiary/aromatic N) is 1. The third-order valence-electron chi connectivity index (χ3n) is 16.1. The monoisotopic (exact) mass is 877 g/mol. The summed E-state index contributed by atoms with van der Waals surface area (Å²) in [7, 11) is 0. The van der Waals surface area contributed by atoms with Crippen molar-refractivity contribution in [2.45, 2.75) is 10.8 Å². The minimum atomic E-state index is -0.468. The van der Waals surface area contributed by atoms with Crippen molar-refractivity contribution in [2.75, 3.05) is 4.90 Å². The lowest BCUT2D eigenvalue weighted by molar-refractivity contribution is 0.792. The zero-order chi connectivity index (χ0) is 44.3. The number of thiophene rings is 1. The van der Waals surface area contributed by atoms with Gasteiger partial charge in [-0.2, -0.15) is 0 Å². The first-order valence-corrected chi connectivity index (χ1v) is 24.6. The highest BCUT2D eigenvalue weighted by Gasteiger charge is 2.53. The van der Waals surface area contributed by atoms with E-state index in [1.807, 2.05) is 11.3 Å². The second kappa shape index (κ2) is 13.2. The molecular weight excluding hydrogens is 839 g/mol. The number of benzene rings is 11. The van der Waals surface area contributed by atoms with Gasteiger partial charge in [-0.3, -0.25) is 0 Å². The molecule has 4 aliphatic carbocycles. The fraction of sp³-hybridized carbons (Fsp3) is 0.0303. The lowest BCUT2D eigenvalue weighted by atomic mass is 9.70. The average molecular weight is 878 g/mol. The summed E-state index contributed by atoms with van der Waals surface area (Å²) in [6.45, 7) is 0. The first-order chi connectivity index (χ1) is 33.7. The van der Waals surface area contributed by atoms with Gasteiger partial charge in [0.05, 0.1) is 21.2 Å². The van der Waals surface area contributed by atoms with E-state index in [9.17, 15) is 0 Å². The lowest BCUT2D eigenvalue weighted by Crippen LogP contribution is -2.26. The predicted octanol–water partition coefficient (Wildman–Crippen LogP) is 17.4. The van der Waals surface area contributed by atoms with Gasteiger partial charge in [-0.1, -0.05) is 200 Å². The van der Waals surface area contributed by atoms with Crippen LogP contribution in [0.5, 0.6) is 0 Å². The van der Waals surface area contributed by atoms with Gasteiger partial charge in [0.2, 0.25) is 0 Å². The van der Waals surface area contributed by atoms with Crippen LogP contribution in [-0.4, -0.2) is 0 Å². The molecule has 0 bridgehead atoms. The van der Waals surface area contributed by atoms with Crippen LogP contribution in [0.4, 0.5) is 17.1 Å². The SMILES string of the molecule is c1ccc2c(c1)-c1ccccc1C21c2ccccc2-c2ccc(N(c3ccc4c(c3)C3(c5ccccc5-c5ccccc53)c3ccccc3-4)c3cccc4c3sc3ccc5ccccc5c34)cc21. The van der Waals surface area contributed by atoms with Crippen LogP contribution in [0.3, 0.4) is 0 Å². The Morgan fingerprint density at radius 1 is 0.294 bits per heavy atom. The van der Waals surface area contributed by atoms with Crippen molar-refractivity contribution in [1.82, 2.24) is 0 Å². The van der Waals surface area contributed by atoms with Crippen LogP contribution in [-0.2, 0) is 10.8 Å². The summed E-state index contributed by atoms with van der Waals surface area (Å²) in [5, 5.41) is 5.18. The van der Waals surface area contributed by atoms with E-state index in [1.165, 1.54) is 126 Å². The minimum Gasteiger partial charge on any atom is -0.309 e. The van der Waals surface area contributed by atoms with E-state index < -0.39 is 10.8 Å². The molecule has 0 unspecified atom stereocenters. The van der Waals surface area contributed by atoms with Gasteiger partial charge in [0.15, 0.2) is 0 Å². The molecular formula is C66H39NS. The second-order valence-electron chi connectivity index (χ2n) is 19.0. The van der Waals surface area contributed by atoms with Crippen molar-refractivity contribution in [2.24, 2.45) is 0 Å². The molecule has 0 amide bonds. The first kappa shape index (κ1) is 36.9. The highest BCUT2D eigenvalue weighted by atomic mass is 32.1. The lowest BCUT2D eigenvalue weighted by Gasteiger charge is -2.33. The summed E-state index contributed by atoms with van der Waals surface area (Å²) in [5.41, 5.74) is 23.8. The maximum absolute atomic E-state index is 2.59. The molecule has 0 aliphatic heterocycles. The highest BCUT2D eigenvalue weighted by molar-refractivity contribution is 7.26. The summed E-state index contributed by atoms with van der Waals surface area (Å²) < 4.78 is 2.58. The number of rotatable bonds is 3. The predicted molar refractivity (Wildman–Crippen MR) is 284 cm³/mol. The van der Waals surface area contributed by atoms with Crippen molar-refractivity contribution in [3.8, 4) is 44.5 Å². The van der Waals surface area contributed by atoms with E-state index in [1.54, 1.807) is 0 Å². The van der Waals surface area contributed by atoms with E-state index in [2.05, 4.69) is 241 Å². The average Bonchev–Trinajstić information content (AvgIpc) is 4.18. The third kappa shape index (κ3) is 4.38. The summed E-state index contributed by atoms with van der Waals surface area (Å²) >= 11 is 1.91. The third-order valence-corrected chi connectivity index (χ3v) is 17.3. The van der Waals surface area contributed by atoms with Crippen LogP contribution >= 0.6 is 11.3 Å². The van der Waals surface area contributed by atoms with Crippen molar-refractivity contribution >= 4 is 59.3 Å². The van der Waals surface area contributed by atoms with Gasteiger partial charge in [-0.15, -0.1) is 11.3 Å². The number of anilines is 3. The van der Waals surface area contributed by atoms with Gasteiger partial charge >= 0.3 is 0 Å². The normalized spacial score (nSPS) is 14.4. The van der Waals surface area contributed by atoms with E-state index in [4.69, 9.17) is 0 Å². The Balaban J connectivity index is 1.01. The molecule has 4 aliphatic rings. The number of hydrogen-bond donors (Lipinski definition) is 0. The van der Waals surface area contributed by atoms with Crippen LogP contribution in [0, 0.1) is 0 Å². The Morgan fingerprint density at radius 2 is 0.676 bits per heavy atom. The zero-order valence-corrected chi connectivity index (χ0v) is 37.7. The molecule has 1 aromatic heterocycles. The molecule has 0 radical (unpaired) electrons. The van der Waals surface area contributed by atoms with Crippen molar-refractivity contribution in [3.05, 3.63) is 281 Å². The smallest absolute Gasteiger partial charge is 0.0726 e. The first-order valence-electron chi connectivity index (χ1n) is 23.8. The van der Waals surface area contributed by atoms with Gasteiger partial charge in [0.25, 0.3) is 0 Å². The van der Waals surface area contributed by atoms with Crippen LogP contribution in [0.1, 0.15) is 44.5 Å². The van der Waals surface area contributed by atoms with Crippen molar-refractivity contribution in [1.29, 1.82) is 0 Å². The maximum Gasteiger partial charge on any atom is 0.0726 e. The van der Waals surface area contributed by atoms with Crippen LogP contribution < -0.4 is 4.90 Å². The molecule has 0 fully saturated rings. The van der Waals surface area contributed by atoms with E-state index in [0.717, 1.165) is 11.4 Å². The molecule has 0 saturated heterocycles. The zero-order valence-electron chi connectivity index (χ0n) is 36.9. The van der Waals surface area contributed by atoms with Gasteiger partial charge in [0.1, 0.15) is 0 Å². The molecule has 11 aromatic carbocycles. The Morgan fingerprint density at radius 3 is 1.13 bits per heavy atom. The Hall–Kier alpha value is -8.30. The number of fused-ring (bicyclic) bond motifs is 25. The molecule has 16 rings (SSSR count).